The van der Waals surface area contributed by atoms with Crippen LogP contribution in [0.3, 0.4) is 0 Å². The van der Waals surface area contributed by atoms with Crippen LogP contribution in [-0.2, 0) is 23.3 Å². The third-order valence-corrected chi connectivity index (χ3v) is 1.77. The van der Waals surface area contributed by atoms with Gasteiger partial charge in [-0.2, -0.15) is 79.0 Å². The predicted octanol–water partition coefficient (Wildman–Crippen LogP) is 6.65. The molecule has 0 aliphatic carbocycles. The summed E-state index contributed by atoms with van der Waals surface area (Å²) in [4.78, 5) is 0. The molecular formula is C12H13B2F18O5. The zero-order chi connectivity index (χ0) is 30.7. The standard InChI is InChI=1S/C6H4B2F9O5.3C2H3F3/c9-3(10,11)1-18-8(19-2-4(12,13)14)22-6(5(15,16)17)20-7-21-6;3*1-2(3,4)5/h1-2H2;3*1H3. The molecule has 1 saturated heterocycles. The minimum Gasteiger partial charge on any atom is -0.376 e. The SMILES string of the molecule is CC(F)(F)F.CC(F)(F)F.CC(F)(F)F.FC(F)(F)COB(OCC(F)(F)F)OC1(C(F)(F)F)O[B]O1. The van der Waals surface area contributed by atoms with E-state index in [1.807, 2.05) is 0 Å². The number of halogens is 18. The molecule has 1 aliphatic heterocycles. The van der Waals surface area contributed by atoms with Crippen molar-refractivity contribution in [2.45, 2.75) is 63.8 Å². The molecule has 1 heterocycles. The molecule has 0 saturated carbocycles. The first kappa shape index (κ1) is 40.2. The molecule has 0 aromatic heterocycles. The highest BCUT2D eigenvalue weighted by molar-refractivity contribution is 6.36. The Morgan fingerprint density at radius 3 is 0.946 bits per heavy atom. The highest BCUT2D eigenvalue weighted by Crippen LogP contribution is 2.41. The summed E-state index contributed by atoms with van der Waals surface area (Å²) in [6.45, 7) is -3.90. The highest BCUT2D eigenvalue weighted by atomic mass is 19.4. The van der Waals surface area contributed by atoms with Crippen LogP contribution in [0.25, 0.3) is 0 Å². The highest BCUT2D eigenvalue weighted by Gasteiger charge is 2.67. The average Bonchev–Trinajstić information content (AvgIpc) is 2.44. The summed E-state index contributed by atoms with van der Waals surface area (Å²) in [6, 6.07) is 0. The van der Waals surface area contributed by atoms with E-state index in [2.05, 4.69) is 23.3 Å². The molecule has 0 aromatic rings. The van der Waals surface area contributed by atoms with Crippen LogP contribution >= 0.6 is 0 Å². The first-order valence-corrected chi connectivity index (χ1v) is 8.23. The first-order valence-electron chi connectivity index (χ1n) is 8.23. The third-order valence-electron chi connectivity index (χ3n) is 1.77. The third kappa shape index (κ3) is 34.7. The second-order valence-corrected chi connectivity index (χ2v) is 5.99. The summed E-state index contributed by atoms with van der Waals surface area (Å²) in [6.07, 6.45) is -27.5. The Kier molecular flexibility index (Phi) is 16.0. The fourth-order valence-corrected chi connectivity index (χ4v) is 0.959. The molecule has 0 spiro atoms. The molecule has 37 heavy (non-hydrogen) atoms. The lowest BCUT2D eigenvalue weighted by molar-refractivity contribution is -0.455. The molecule has 0 unspecified atom stereocenters. The predicted molar refractivity (Wildman–Crippen MR) is 82.8 cm³/mol. The fourth-order valence-electron chi connectivity index (χ4n) is 0.959. The van der Waals surface area contributed by atoms with Gasteiger partial charge in [-0.3, -0.25) is 0 Å². The van der Waals surface area contributed by atoms with Crippen molar-refractivity contribution in [3.05, 3.63) is 0 Å². The van der Waals surface area contributed by atoms with Crippen LogP contribution in [0.4, 0.5) is 79.0 Å². The van der Waals surface area contributed by atoms with E-state index in [-0.39, 0.29) is 28.5 Å². The van der Waals surface area contributed by atoms with Crippen molar-refractivity contribution in [2.24, 2.45) is 0 Å². The molecule has 1 rings (SSSR count). The van der Waals surface area contributed by atoms with Crippen LogP contribution < -0.4 is 0 Å². The minimum absolute atomic E-state index is 0.109. The molecule has 0 bridgehead atoms. The second kappa shape index (κ2) is 14.7. The van der Waals surface area contributed by atoms with Gasteiger partial charge in [-0.15, -0.1) is 0 Å². The van der Waals surface area contributed by atoms with Gasteiger partial charge < -0.3 is 23.3 Å². The lowest BCUT2D eigenvalue weighted by Gasteiger charge is -2.41. The Morgan fingerprint density at radius 2 is 0.811 bits per heavy atom. The number of alkyl halides is 18. The summed E-state index contributed by atoms with van der Waals surface area (Å²) in [5, 5.41) is 0. The molecule has 223 valence electrons. The maximum Gasteiger partial charge on any atom is 0.644 e. The van der Waals surface area contributed by atoms with Crippen LogP contribution in [0.5, 0.6) is 0 Å². The maximum absolute atomic E-state index is 12.5. The van der Waals surface area contributed by atoms with Gasteiger partial charge in [0.05, 0.1) is 0 Å². The van der Waals surface area contributed by atoms with Crippen LogP contribution in [0, 0.1) is 0 Å². The van der Waals surface area contributed by atoms with Crippen molar-refractivity contribution in [3.63, 3.8) is 0 Å². The van der Waals surface area contributed by atoms with E-state index >= 15 is 0 Å². The van der Waals surface area contributed by atoms with E-state index in [9.17, 15) is 79.0 Å². The van der Waals surface area contributed by atoms with Crippen molar-refractivity contribution in [2.75, 3.05) is 13.2 Å². The van der Waals surface area contributed by atoms with Crippen molar-refractivity contribution in [3.8, 4) is 0 Å². The second-order valence-electron chi connectivity index (χ2n) is 5.99. The summed E-state index contributed by atoms with van der Waals surface area (Å²) in [5.41, 5.74) is 0. The molecule has 25 heteroatoms. The Hall–Kier alpha value is -1.33. The van der Waals surface area contributed by atoms with Crippen LogP contribution in [0.2, 0.25) is 0 Å². The Balaban J connectivity index is -0.000000626. The molecule has 1 radical (unpaired) electrons. The molecule has 1 fully saturated rings. The van der Waals surface area contributed by atoms with Crippen molar-refractivity contribution >= 4 is 15.0 Å². The van der Waals surface area contributed by atoms with Crippen LogP contribution in [-0.4, -0.2) is 71.3 Å². The van der Waals surface area contributed by atoms with Gasteiger partial charge in [0.25, 0.3) is 0 Å². The molecule has 0 atom stereocenters. The topological polar surface area (TPSA) is 46.2 Å². The van der Waals surface area contributed by atoms with Crippen molar-refractivity contribution < 1.29 is 102 Å². The van der Waals surface area contributed by atoms with E-state index < -0.39 is 63.6 Å². The summed E-state index contributed by atoms with van der Waals surface area (Å²) < 4.78 is 221. The summed E-state index contributed by atoms with van der Waals surface area (Å²) in [5.74, 6) is -3.91. The summed E-state index contributed by atoms with van der Waals surface area (Å²) in [7, 11) is -2.89. The Morgan fingerprint density at radius 1 is 0.568 bits per heavy atom. The van der Waals surface area contributed by atoms with E-state index in [0.717, 1.165) is 0 Å². The van der Waals surface area contributed by atoms with Crippen molar-refractivity contribution in [1.82, 2.24) is 0 Å². The van der Waals surface area contributed by atoms with Gasteiger partial charge in [-0.1, -0.05) is 0 Å². The van der Waals surface area contributed by atoms with Gasteiger partial charge in [0.1, 0.15) is 13.2 Å². The van der Waals surface area contributed by atoms with Gasteiger partial charge in [0.2, 0.25) is 0 Å². The first-order chi connectivity index (χ1) is 15.7. The molecule has 1 aliphatic rings. The van der Waals surface area contributed by atoms with Gasteiger partial charge in [0, 0.05) is 20.8 Å². The fraction of sp³-hybridized carbons (Fsp3) is 1.00. The lowest BCUT2D eigenvalue weighted by atomic mass is 10.2. The largest absolute Gasteiger partial charge is 0.644 e. The van der Waals surface area contributed by atoms with E-state index in [0.29, 0.717) is 0 Å². The molecular weight excluding hydrogens is 588 g/mol. The quantitative estimate of drug-likeness (QED) is 0.252. The van der Waals surface area contributed by atoms with E-state index in [1.165, 1.54) is 0 Å². The zero-order valence-corrected chi connectivity index (χ0v) is 17.9. The number of rotatable bonds is 6. The minimum atomic E-state index is -5.44. The Labute approximate surface area is 195 Å². The van der Waals surface area contributed by atoms with Crippen LogP contribution in [0.1, 0.15) is 20.8 Å². The van der Waals surface area contributed by atoms with E-state index in [1.54, 1.807) is 0 Å². The molecule has 0 N–H and O–H groups in total. The van der Waals surface area contributed by atoms with Crippen LogP contribution in [0.15, 0.2) is 0 Å². The average molecular weight is 601 g/mol. The zero-order valence-electron chi connectivity index (χ0n) is 17.9. The van der Waals surface area contributed by atoms with Gasteiger partial charge in [-0.05, 0) is 0 Å². The van der Waals surface area contributed by atoms with Gasteiger partial charge in [-0.25, -0.2) is 0 Å². The normalized spacial score (nSPS) is 15.9. The molecule has 0 aromatic carbocycles. The van der Waals surface area contributed by atoms with E-state index in [4.69, 9.17) is 0 Å². The summed E-state index contributed by atoms with van der Waals surface area (Å²) >= 11 is 0. The lowest BCUT2D eigenvalue weighted by Crippen LogP contribution is -2.64. The van der Waals surface area contributed by atoms with Gasteiger partial charge in [0.15, 0.2) is 0 Å². The van der Waals surface area contributed by atoms with Crippen molar-refractivity contribution in [1.29, 1.82) is 0 Å². The molecule has 5 nitrogen and oxygen atoms in total. The number of hydrogen-bond donors (Lipinski definition) is 0. The Bertz CT molecular complexity index is 541. The number of hydrogen-bond acceptors (Lipinski definition) is 5. The molecule has 0 amide bonds. The smallest absolute Gasteiger partial charge is 0.376 e. The van der Waals surface area contributed by atoms with Gasteiger partial charge >= 0.3 is 58.0 Å². The monoisotopic (exact) mass is 601 g/mol. The maximum atomic E-state index is 12.5.